The molecule has 0 saturated heterocycles. The number of aromatic hydroxyl groups is 1. The summed E-state index contributed by atoms with van der Waals surface area (Å²) in [6.45, 7) is 15.3. The summed E-state index contributed by atoms with van der Waals surface area (Å²) in [5, 5.41) is 15.7. The number of aliphatic imine (C=N–C) groups is 1. The predicted molar refractivity (Wildman–Crippen MR) is 158 cm³/mol. The van der Waals surface area contributed by atoms with Crippen LogP contribution in [0.1, 0.15) is 77.1 Å². The van der Waals surface area contributed by atoms with Gasteiger partial charge in [-0.25, -0.2) is 4.99 Å². The number of ether oxygens (including phenoxy) is 2. The Morgan fingerprint density at radius 1 is 0.895 bits per heavy atom. The number of phenols is 1. The molecule has 2 N–H and O–H groups in total. The summed E-state index contributed by atoms with van der Waals surface area (Å²) in [5.41, 5.74) is 6.85. The number of amidine groups is 1. The number of hydrogen-bond donors (Lipinski definition) is 2. The molecule has 0 heterocycles. The first kappa shape index (κ1) is 28.8. The first-order valence-electron chi connectivity index (χ1n) is 13.1. The molecule has 0 bridgehead atoms. The summed E-state index contributed by atoms with van der Waals surface area (Å²) >= 11 is 0. The molecule has 0 amide bonds. The standard InChI is InChI=1S/C32H41N3O3/c1-9-17-38-27-16-15-22(18-28(27)37-8)21-33-35-30(34-24-13-11-10-12-14-24)23-19-25(31(2,3)4)29(36)26(20-23)32(5,6)7/h10-16,18-21,36H,9,17H2,1-8H3,(H,34,35)/b33-21+. The molecule has 0 aliphatic carbocycles. The highest BCUT2D eigenvalue weighted by Crippen LogP contribution is 2.40. The van der Waals surface area contributed by atoms with E-state index in [4.69, 9.17) is 14.5 Å². The van der Waals surface area contributed by atoms with Gasteiger partial charge in [-0.1, -0.05) is 66.7 Å². The fraction of sp³-hybridized carbons (Fsp3) is 0.375. The summed E-state index contributed by atoms with van der Waals surface area (Å²) in [4.78, 5) is 4.88. The number of nitrogens with zero attached hydrogens (tertiary/aromatic N) is 2. The molecule has 3 rings (SSSR count). The van der Waals surface area contributed by atoms with Crippen LogP contribution in [0.25, 0.3) is 0 Å². The van der Waals surface area contributed by atoms with Crippen LogP contribution in [0.3, 0.4) is 0 Å². The molecule has 0 aromatic heterocycles. The van der Waals surface area contributed by atoms with Crippen LogP contribution in [-0.4, -0.2) is 30.9 Å². The van der Waals surface area contributed by atoms with E-state index in [0.29, 0.717) is 29.7 Å². The van der Waals surface area contributed by atoms with Crippen LogP contribution in [0.4, 0.5) is 5.69 Å². The van der Waals surface area contributed by atoms with Gasteiger partial charge in [0.25, 0.3) is 0 Å². The zero-order valence-electron chi connectivity index (χ0n) is 23.9. The summed E-state index contributed by atoms with van der Waals surface area (Å²) in [5.74, 6) is 2.27. The second-order valence-corrected chi connectivity index (χ2v) is 11.3. The van der Waals surface area contributed by atoms with Crippen LogP contribution in [0.2, 0.25) is 0 Å². The number of para-hydroxylation sites is 1. The van der Waals surface area contributed by atoms with Crippen molar-refractivity contribution in [3.05, 3.63) is 82.9 Å². The first-order chi connectivity index (χ1) is 17.9. The molecule has 0 aliphatic rings. The van der Waals surface area contributed by atoms with Crippen molar-refractivity contribution in [2.45, 2.75) is 65.7 Å². The lowest BCUT2D eigenvalue weighted by atomic mass is 9.78. The summed E-state index contributed by atoms with van der Waals surface area (Å²) in [6.07, 6.45) is 2.65. The lowest BCUT2D eigenvalue weighted by Crippen LogP contribution is -2.23. The van der Waals surface area contributed by atoms with Crippen molar-refractivity contribution < 1.29 is 14.6 Å². The van der Waals surface area contributed by atoms with Gasteiger partial charge in [-0.3, -0.25) is 5.43 Å². The molecule has 0 saturated carbocycles. The number of hydrazone groups is 1. The largest absolute Gasteiger partial charge is 0.507 e. The van der Waals surface area contributed by atoms with E-state index < -0.39 is 0 Å². The number of nitrogens with one attached hydrogen (secondary N) is 1. The van der Waals surface area contributed by atoms with E-state index in [9.17, 15) is 5.11 Å². The van der Waals surface area contributed by atoms with Crippen molar-refractivity contribution >= 4 is 17.7 Å². The molecule has 0 unspecified atom stereocenters. The van der Waals surface area contributed by atoms with Gasteiger partial charge in [0.15, 0.2) is 17.3 Å². The van der Waals surface area contributed by atoms with Gasteiger partial charge in [0.1, 0.15) is 5.75 Å². The van der Waals surface area contributed by atoms with E-state index >= 15 is 0 Å². The Morgan fingerprint density at radius 3 is 2.08 bits per heavy atom. The van der Waals surface area contributed by atoms with E-state index in [2.05, 4.69) is 59.0 Å². The lowest BCUT2D eigenvalue weighted by Gasteiger charge is -2.28. The van der Waals surface area contributed by atoms with Gasteiger partial charge >= 0.3 is 0 Å². The number of benzene rings is 3. The molecule has 38 heavy (non-hydrogen) atoms. The molecule has 3 aromatic carbocycles. The predicted octanol–water partition coefficient (Wildman–Crippen LogP) is 7.49. The molecule has 3 aromatic rings. The topological polar surface area (TPSA) is 75.4 Å². The monoisotopic (exact) mass is 515 g/mol. The fourth-order valence-electron chi connectivity index (χ4n) is 3.96. The van der Waals surface area contributed by atoms with Gasteiger partial charge in [-0.2, -0.15) is 5.10 Å². The normalized spacial score (nSPS) is 12.6. The second-order valence-electron chi connectivity index (χ2n) is 11.3. The van der Waals surface area contributed by atoms with Gasteiger partial charge in [0.2, 0.25) is 0 Å². The maximum Gasteiger partial charge on any atom is 0.161 e. The zero-order chi connectivity index (χ0) is 27.9. The maximum absolute atomic E-state index is 11.2. The van der Waals surface area contributed by atoms with Crippen LogP contribution in [-0.2, 0) is 10.8 Å². The van der Waals surface area contributed by atoms with Crippen molar-refractivity contribution in [2.75, 3.05) is 13.7 Å². The van der Waals surface area contributed by atoms with E-state index in [-0.39, 0.29) is 10.8 Å². The number of hydrogen-bond acceptors (Lipinski definition) is 5. The van der Waals surface area contributed by atoms with Gasteiger partial charge in [-0.15, -0.1) is 0 Å². The average Bonchev–Trinajstić information content (AvgIpc) is 2.86. The minimum absolute atomic E-state index is 0.265. The van der Waals surface area contributed by atoms with Crippen molar-refractivity contribution in [3.8, 4) is 17.2 Å². The molecule has 0 fully saturated rings. The van der Waals surface area contributed by atoms with Crippen molar-refractivity contribution in [3.63, 3.8) is 0 Å². The molecule has 0 atom stereocenters. The van der Waals surface area contributed by atoms with Crippen LogP contribution < -0.4 is 14.9 Å². The molecular formula is C32H41N3O3. The van der Waals surface area contributed by atoms with Gasteiger partial charge in [-0.05, 0) is 65.3 Å². The fourth-order valence-corrected chi connectivity index (χ4v) is 3.96. The third-order valence-corrected chi connectivity index (χ3v) is 6.03. The minimum Gasteiger partial charge on any atom is -0.507 e. The Balaban J connectivity index is 2.05. The smallest absolute Gasteiger partial charge is 0.161 e. The number of methoxy groups -OCH3 is 1. The Kier molecular flexibility index (Phi) is 9.21. The van der Waals surface area contributed by atoms with E-state index in [0.717, 1.165) is 34.4 Å². The minimum atomic E-state index is -0.265. The van der Waals surface area contributed by atoms with Gasteiger partial charge < -0.3 is 14.6 Å². The zero-order valence-corrected chi connectivity index (χ0v) is 23.9. The quantitative estimate of drug-likeness (QED) is 0.185. The maximum atomic E-state index is 11.2. The van der Waals surface area contributed by atoms with E-state index in [1.165, 1.54) is 0 Å². The Hall–Kier alpha value is -3.80. The first-order valence-corrected chi connectivity index (χ1v) is 13.1. The molecule has 202 valence electrons. The van der Waals surface area contributed by atoms with Crippen molar-refractivity contribution in [1.82, 2.24) is 5.43 Å². The van der Waals surface area contributed by atoms with Crippen LogP contribution in [0.15, 0.2) is 70.8 Å². The molecule has 0 aliphatic heterocycles. The SMILES string of the molecule is CCCOc1ccc(/C=N/NC(=Nc2ccccc2)c2cc(C(C)(C)C)c(O)c(C(C)(C)C)c2)cc1OC. The van der Waals surface area contributed by atoms with E-state index in [1.54, 1.807) is 13.3 Å². The highest BCUT2D eigenvalue weighted by atomic mass is 16.5. The Morgan fingerprint density at radius 2 is 1.53 bits per heavy atom. The molecule has 0 spiro atoms. The summed E-state index contributed by atoms with van der Waals surface area (Å²) in [7, 11) is 1.63. The number of rotatable bonds is 8. The van der Waals surface area contributed by atoms with Gasteiger partial charge in [0, 0.05) is 16.7 Å². The second kappa shape index (κ2) is 12.2. The lowest BCUT2D eigenvalue weighted by molar-refractivity contribution is 0.294. The third-order valence-electron chi connectivity index (χ3n) is 6.03. The summed E-state index contributed by atoms with van der Waals surface area (Å²) in [6, 6.07) is 19.5. The highest BCUT2D eigenvalue weighted by molar-refractivity contribution is 6.01. The molecule has 6 nitrogen and oxygen atoms in total. The molecular weight excluding hydrogens is 474 g/mol. The Labute approximate surface area is 227 Å². The van der Waals surface area contributed by atoms with Crippen LogP contribution in [0.5, 0.6) is 17.2 Å². The number of phenolic OH excluding ortho intramolecular Hbond substituents is 1. The van der Waals surface area contributed by atoms with Crippen molar-refractivity contribution in [1.29, 1.82) is 0 Å². The third kappa shape index (κ3) is 7.37. The van der Waals surface area contributed by atoms with Crippen molar-refractivity contribution in [2.24, 2.45) is 10.1 Å². The van der Waals surface area contributed by atoms with Crippen LogP contribution in [0, 0.1) is 0 Å². The average molecular weight is 516 g/mol. The summed E-state index contributed by atoms with van der Waals surface area (Å²) < 4.78 is 11.3. The molecule has 6 heteroatoms. The van der Waals surface area contributed by atoms with Gasteiger partial charge in [0.05, 0.1) is 25.6 Å². The highest BCUT2D eigenvalue weighted by Gasteiger charge is 2.27. The van der Waals surface area contributed by atoms with E-state index in [1.807, 2.05) is 60.7 Å². The molecule has 0 radical (unpaired) electrons. The van der Waals surface area contributed by atoms with Crippen LogP contribution >= 0.6 is 0 Å². The Bertz CT molecular complexity index is 1250.